The molecule has 1 fully saturated rings. The Bertz CT molecular complexity index is 1610. The van der Waals surface area contributed by atoms with Crippen LogP contribution in [-0.4, -0.2) is 27.4 Å². The SMILES string of the molecule is CCOc1cc(C=Nn2c(C3CCCCC3)nc3ccccc3c2=O)cc([N+](=O)[O-])c1OCc1ccc(Br)cc1. The first kappa shape index (κ1) is 27.5. The van der Waals surface area contributed by atoms with Crippen molar-refractivity contribution in [3.63, 3.8) is 0 Å². The zero-order chi connectivity index (χ0) is 28.1. The number of rotatable bonds is 9. The van der Waals surface area contributed by atoms with Gasteiger partial charge in [-0.25, -0.2) is 4.98 Å². The van der Waals surface area contributed by atoms with E-state index in [1.165, 1.54) is 17.0 Å². The second kappa shape index (κ2) is 12.4. The summed E-state index contributed by atoms with van der Waals surface area (Å²) >= 11 is 3.40. The first-order valence-corrected chi connectivity index (χ1v) is 14.1. The zero-order valence-electron chi connectivity index (χ0n) is 22.1. The molecule has 0 N–H and O–H groups in total. The van der Waals surface area contributed by atoms with Crippen LogP contribution >= 0.6 is 15.9 Å². The van der Waals surface area contributed by atoms with Crippen molar-refractivity contribution in [2.24, 2.45) is 5.10 Å². The molecule has 10 heteroatoms. The van der Waals surface area contributed by atoms with Crippen LogP contribution in [0.2, 0.25) is 0 Å². The lowest BCUT2D eigenvalue weighted by atomic mass is 9.88. The van der Waals surface area contributed by atoms with Crippen LogP contribution in [0.25, 0.3) is 10.9 Å². The van der Waals surface area contributed by atoms with E-state index in [-0.39, 0.29) is 41.9 Å². The van der Waals surface area contributed by atoms with Gasteiger partial charge in [0, 0.05) is 22.0 Å². The van der Waals surface area contributed by atoms with Crippen LogP contribution in [0.5, 0.6) is 11.5 Å². The van der Waals surface area contributed by atoms with E-state index in [0.717, 1.165) is 42.1 Å². The molecule has 0 unspecified atom stereocenters. The van der Waals surface area contributed by atoms with Gasteiger partial charge in [0.15, 0.2) is 5.75 Å². The number of nitro groups is 1. The van der Waals surface area contributed by atoms with E-state index in [4.69, 9.17) is 14.5 Å². The molecule has 0 aliphatic heterocycles. The molecule has 0 atom stereocenters. The normalized spacial score (nSPS) is 14.1. The van der Waals surface area contributed by atoms with Crippen molar-refractivity contribution in [1.82, 2.24) is 9.66 Å². The van der Waals surface area contributed by atoms with Crippen LogP contribution in [0.3, 0.4) is 0 Å². The Morgan fingerprint density at radius 1 is 1.10 bits per heavy atom. The third kappa shape index (κ3) is 6.07. The summed E-state index contributed by atoms with van der Waals surface area (Å²) in [6.45, 7) is 2.21. The van der Waals surface area contributed by atoms with Crippen LogP contribution in [-0.2, 0) is 6.61 Å². The Kier molecular flexibility index (Phi) is 8.54. The molecular weight excluding hydrogens is 576 g/mol. The van der Waals surface area contributed by atoms with Gasteiger partial charge >= 0.3 is 5.69 Å². The van der Waals surface area contributed by atoms with Gasteiger partial charge in [0.25, 0.3) is 5.56 Å². The molecule has 1 heterocycles. The van der Waals surface area contributed by atoms with Crippen molar-refractivity contribution < 1.29 is 14.4 Å². The molecule has 5 rings (SSSR count). The molecule has 1 aliphatic rings. The van der Waals surface area contributed by atoms with E-state index in [0.29, 0.717) is 22.3 Å². The van der Waals surface area contributed by atoms with Crippen LogP contribution < -0.4 is 15.0 Å². The minimum Gasteiger partial charge on any atom is -0.490 e. The summed E-state index contributed by atoms with van der Waals surface area (Å²) in [5, 5.41) is 17.1. The Labute approximate surface area is 239 Å². The van der Waals surface area contributed by atoms with Gasteiger partial charge in [-0.1, -0.05) is 59.5 Å². The van der Waals surface area contributed by atoms with Gasteiger partial charge in [0.05, 0.1) is 28.6 Å². The number of para-hydroxylation sites is 1. The fraction of sp³-hybridized carbons (Fsp3) is 0.300. The highest BCUT2D eigenvalue weighted by Gasteiger charge is 2.24. The maximum absolute atomic E-state index is 13.5. The standard InChI is InChI=1S/C30H29BrN4O5/c1-2-39-27-17-21(16-26(35(37)38)28(27)40-19-20-12-14-23(31)15-13-20)18-32-34-29(22-8-4-3-5-9-22)33-25-11-7-6-10-24(25)30(34)36/h6-7,10-18,22H,2-5,8-9,19H2,1H3. The third-order valence-corrected chi connectivity index (χ3v) is 7.45. The fourth-order valence-electron chi connectivity index (χ4n) is 4.96. The quantitative estimate of drug-likeness (QED) is 0.116. The molecule has 0 saturated heterocycles. The van der Waals surface area contributed by atoms with E-state index in [1.807, 2.05) is 36.4 Å². The first-order valence-electron chi connectivity index (χ1n) is 13.3. The minimum atomic E-state index is -0.506. The molecular formula is C30H29BrN4O5. The molecule has 0 spiro atoms. The van der Waals surface area contributed by atoms with E-state index in [2.05, 4.69) is 21.0 Å². The largest absolute Gasteiger partial charge is 0.490 e. The number of nitrogens with zero attached hydrogens (tertiary/aromatic N) is 4. The molecule has 4 aromatic rings. The number of aromatic nitrogens is 2. The maximum Gasteiger partial charge on any atom is 0.315 e. The number of fused-ring (bicyclic) bond motifs is 1. The summed E-state index contributed by atoms with van der Waals surface area (Å²) in [4.78, 5) is 29.9. The summed E-state index contributed by atoms with van der Waals surface area (Å²) in [6.07, 6.45) is 6.62. The summed E-state index contributed by atoms with van der Waals surface area (Å²) < 4.78 is 13.9. The molecule has 206 valence electrons. The molecule has 0 radical (unpaired) electrons. The highest BCUT2D eigenvalue weighted by atomic mass is 79.9. The molecule has 40 heavy (non-hydrogen) atoms. The number of ether oxygens (including phenoxy) is 2. The third-order valence-electron chi connectivity index (χ3n) is 6.92. The summed E-state index contributed by atoms with van der Waals surface area (Å²) in [7, 11) is 0. The van der Waals surface area contributed by atoms with Crippen molar-refractivity contribution in [3.05, 3.63) is 103 Å². The van der Waals surface area contributed by atoms with Gasteiger partial charge in [0.1, 0.15) is 12.4 Å². The van der Waals surface area contributed by atoms with Crippen molar-refractivity contribution in [2.75, 3.05) is 6.61 Å². The predicted octanol–water partition coefficient (Wildman–Crippen LogP) is 6.97. The predicted molar refractivity (Wildman–Crippen MR) is 158 cm³/mol. The van der Waals surface area contributed by atoms with E-state index >= 15 is 0 Å². The monoisotopic (exact) mass is 604 g/mol. The Morgan fingerprint density at radius 3 is 2.58 bits per heavy atom. The summed E-state index contributed by atoms with van der Waals surface area (Å²) in [6, 6.07) is 17.7. The first-order chi connectivity index (χ1) is 19.4. The average Bonchev–Trinajstić information content (AvgIpc) is 2.97. The second-order valence-electron chi connectivity index (χ2n) is 9.66. The zero-order valence-corrected chi connectivity index (χ0v) is 23.7. The fourth-order valence-corrected chi connectivity index (χ4v) is 5.23. The van der Waals surface area contributed by atoms with Gasteiger partial charge in [-0.2, -0.15) is 9.78 Å². The Morgan fingerprint density at radius 2 is 1.85 bits per heavy atom. The van der Waals surface area contributed by atoms with Crippen LogP contribution in [0, 0.1) is 10.1 Å². The molecule has 1 saturated carbocycles. The van der Waals surface area contributed by atoms with Crippen LogP contribution in [0.4, 0.5) is 5.69 Å². The number of hydrogen-bond donors (Lipinski definition) is 0. The second-order valence-corrected chi connectivity index (χ2v) is 10.6. The van der Waals surface area contributed by atoms with Crippen molar-refractivity contribution in [1.29, 1.82) is 0 Å². The van der Waals surface area contributed by atoms with Crippen molar-refractivity contribution in [2.45, 2.75) is 51.6 Å². The van der Waals surface area contributed by atoms with Crippen molar-refractivity contribution in [3.8, 4) is 11.5 Å². The average molecular weight is 605 g/mol. The molecule has 9 nitrogen and oxygen atoms in total. The lowest BCUT2D eigenvalue weighted by Crippen LogP contribution is -2.25. The molecule has 1 aliphatic carbocycles. The number of benzene rings is 3. The van der Waals surface area contributed by atoms with Crippen molar-refractivity contribution >= 4 is 38.7 Å². The lowest BCUT2D eigenvalue weighted by Gasteiger charge is -2.22. The summed E-state index contributed by atoms with van der Waals surface area (Å²) in [5.41, 5.74) is 1.38. The summed E-state index contributed by atoms with van der Waals surface area (Å²) in [5.74, 6) is 1.01. The van der Waals surface area contributed by atoms with Gasteiger partial charge in [0.2, 0.25) is 5.75 Å². The van der Waals surface area contributed by atoms with Crippen LogP contribution in [0.15, 0.2) is 75.0 Å². The highest BCUT2D eigenvalue weighted by Crippen LogP contribution is 2.39. The highest BCUT2D eigenvalue weighted by molar-refractivity contribution is 9.10. The molecule has 3 aromatic carbocycles. The van der Waals surface area contributed by atoms with Gasteiger partial charge in [-0.15, -0.1) is 0 Å². The number of nitro benzene ring substituents is 1. The molecule has 1 aromatic heterocycles. The number of halogens is 1. The van der Waals surface area contributed by atoms with E-state index in [9.17, 15) is 14.9 Å². The van der Waals surface area contributed by atoms with E-state index < -0.39 is 4.92 Å². The Hall–Kier alpha value is -4.05. The smallest absolute Gasteiger partial charge is 0.315 e. The van der Waals surface area contributed by atoms with Gasteiger partial charge in [-0.3, -0.25) is 14.9 Å². The van der Waals surface area contributed by atoms with Gasteiger partial charge < -0.3 is 9.47 Å². The lowest BCUT2D eigenvalue weighted by molar-refractivity contribution is -0.386. The topological polar surface area (TPSA) is 109 Å². The molecule has 0 amide bonds. The maximum atomic E-state index is 13.5. The minimum absolute atomic E-state index is 0.0411. The van der Waals surface area contributed by atoms with Crippen LogP contribution in [0.1, 0.15) is 61.9 Å². The number of hydrogen-bond acceptors (Lipinski definition) is 7. The van der Waals surface area contributed by atoms with Gasteiger partial charge in [-0.05, 0) is 55.7 Å². The Balaban J connectivity index is 1.54. The van der Waals surface area contributed by atoms with E-state index in [1.54, 1.807) is 25.1 Å². The molecule has 0 bridgehead atoms.